The Labute approximate surface area is 150 Å². The predicted octanol–water partition coefficient (Wildman–Crippen LogP) is 4.16. The Morgan fingerprint density at radius 1 is 1.27 bits per heavy atom. The van der Waals surface area contributed by atoms with E-state index in [1.807, 2.05) is 20.8 Å². The number of likely N-dealkylation sites (tertiary alicyclic amines) is 1. The second-order valence-corrected chi connectivity index (χ2v) is 6.96. The molecule has 1 aliphatic rings. The zero-order valence-corrected chi connectivity index (χ0v) is 15.0. The molecule has 1 aromatic carbocycles. The minimum absolute atomic E-state index is 0.0343. The van der Waals surface area contributed by atoms with E-state index in [0.717, 1.165) is 41.1 Å². The van der Waals surface area contributed by atoms with Crippen LogP contribution < -0.4 is 0 Å². The van der Waals surface area contributed by atoms with Gasteiger partial charge in [0, 0.05) is 30.3 Å². The maximum Gasteiger partial charge on any atom is 0.416 e. The first kappa shape index (κ1) is 18.5. The third kappa shape index (κ3) is 3.48. The fourth-order valence-corrected chi connectivity index (χ4v) is 3.77. The summed E-state index contributed by atoms with van der Waals surface area (Å²) in [5.74, 6) is -0.188. The topological polar surface area (TPSA) is 49.0 Å². The number of aromatic amines is 1. The second kappa shape index (κ2) is 6.78. The molecule has 0 radical (unpaired) electrons. The number of carbonyl (C=O) groups is 1. The van der Waals surface area contributed by atoms with E-state index in [0.29, 0.717) is 13.1 Å². The second-order valence-electron chi connectivity index (χ2n) is 6.96. The summed E-state index contributed by atoms with van der Waals surface area (Å²) in [6.45, 7) is 6.79. The van der Waals surface area contributed by atoms with Crippen molar-refractivity contribution in [2.45, 2.75) is 45.2 Å². The Bertz CT molecular complexity index is 776. The van der Waals surface area contributed by atoms with Crippen molar-refractivity contribution in [1.29, 1.82) is 0 Å². The number of hydrogen-bond donors (Lipinski definition) is 1. The molecular weight excluding hydrogens is 343 g/mol. The molecule has 4 nitrogen and oxygen atoms in total. The maximum absolute atomic E-state index is 12.8. The van der Waals surface area contributed by atoms with Gasteiger partial charge in [-0.2, -0.15) is 18.3 Å². The number of rotatable bonds is 3. The number of H-pyrrole nitrogens is 1. The highest BCUT2D eigenvalue weighted by atomic mass is 19.4. The number of alkyl halides is 3. The van der Waals surface area contributed by atoms with Gasteiger partial charge in [0.25, 0.3) is 0 Å². The van der Waals surface area contributed by atoms with Gasteiger partial charge in [-0.05, 0) is 44.9 Å². The normalized spacial score (nSPS) is 19.0. The number of nitrogens with zero attached hydrogens (tertiary/aromatic N) is 2. The molecule has 26 heavy (non-hydrogen) atoms. The van der Waals surface area contributed by atoms with E-state index in [1.54, 1.807) is 4.90 Å². The molecular formula is C19H22F3N3O. The summed E-state index contributed by atoms with van der Waals surface area (Å²) in [5.41, 5.74) is 2.83. The van der Waals surface area contributed by atoms with Crippen LogP contribution in [0.5, 0.6) is 0 Å². The summed E-state index contributed by atoms with van der Waals surface area (Å²) >= 11 is 0. The summed E-state index contributed by atoms with van der Waals surface area (Å²) < 4.78 is 38.1. The summed E-state index contributed by atoms with van der Waals surface area (Å²) in [6, 6.07) is 5.27. The van der Waals surface area contributed by atoms with Gasteiger partial charge in [-0.15, -0.1) is 0 Å². The van der Waals surface area contributed by atoms with Crippen LogP contribution in [0.15, 0.2) is 24.3 Å². The molecule has 2 aromatic rings. The predicted molar refractivity (Wildman–Crippen MR) is 91.9 cm³/mol. The van der Waals surface area contributed by atoms with Gasteiger partial charge in [-0.3, -0.25) is 9.89 Å². The van der Waals surface area contributed by atoms with Crippen molar-refractivity contribution < 1.29 is 18.0 Å². The minimum Gasteiger partial charge on any atom is -0.342 e. The fourth-order valence-electron chi connectivity index (χ4n) is 3.77. The smallest absolute Gasteiger partial charge is 0.342 e. The van der Waals surface area contributed by atoms with Crippen LogP contribution in [0.25, 0.3) is 0 Å². The van der Waals surface area contributed by atoms with Crippen LogP contribution >= 0.6 is 0 Å². The van der Waals surface area contributed by atoms with Gasteiger partial charge in [-0.1, -0.05) is 12.1 Å². The Hall–Kier alpha value is -2.31. The van der Waals surface area contributed by atoms with E-state index < -0.39 is 11.7 Å². The first-order chi connectivity index (χ1) is 12.2. The average molecular weight is 365 g/mol. The van der Waals surface area contributed by atoms with Gasteiger partial charge in [0.15, 0.2) is 0 Å². The number of halogens is 3. The van der Waals surface area contributed by atoms with Crippen molar-refractivity contribution in [3.63, 3.8) is 0 Å². The summed E-state index contributed by atoms with van der Waals surface area (Å²) in [4.78, 5) is 14.7. The largest absolute Gasteiger partial charge is 0.416 e. The number of benzene rings is 1. The molecule has 1 N–H and O–H groups in total. The van der Waals surface area contributed by atoms with Crippen molar-refractivity contribution in [2.75, 3.05) is 13.1 Å². The third-order valence-electron chi connectivity index (χ3n) is 5.20. The van der Waals surface area contributed by atoms with Gasteiger partial charge in [0.2, 0.25) is 5.91 Å². The Kier molecular flexibility index (Phi) is 4.82. The van der Waals surface area contributed by atoms with Gasteiger partial charge in [-0.25, -0.2) is 0 Å². The van der Waals surface area contributed by atoms with Crippen LogP contribution in [0.4, 0.5) is 13.2 Å². The van der Waals surface area contributed by atoms with Crippen molar-refractivity contribution >= 4 is 5.91 Å². The van der Waals surface area contributed by atoms with Crippen LogP contribution in [-0.4, -0.2) is 34.1 Å². The maximum atomic E-state index is 12.8. The lowest BCUT2D eigenvalue weighted by molar-refractivity contribution is -0.137. The zero-order valence-electron chi connectivity index (χ0n) is 15.0. The number of amides is 1. The fraction of sp³-hybridized carbons (Fsp3) is 0.474. The number of hydrogen-bond acceptors (Lipinski definition) is 2. The first-order valence-corrected chi connectivity index (χ1v) is 8.66. The Morgan fingerprint density at radius 2 is 1.92 bits per heavy atom. The molecule has 2 atom stereocenters. The van der Waals surface area contributed by atoms with Gasteiger partial charge in [0.1, 0.15) is 0 Å². The third-order valence-corrected chi connectivity index (χ3v) is 5.20. The first-order valence-electron chi connectivity index (χ1n) is 8.66. The summed E-state index contributed by atoms with van der Waals surface area (Å²) in [7, 11) is 0. The van der Waals surface area contributed by atoms with E-state index in [9.17, 15) is 18.0 Å². The molecule has 2 heterocycles. The molecule has 3 rings (SSSR count). The molecule has 0 bridgehead atoms. The Morgan fingerprint density at radius 3 is 2.46 bits per heavy atom. The summed E-state index contributed by atoms with van der Waals surface area (Å²) in [6.07, 6.45) is -3.57. The number of carbonyl (C=O) groups excluding carboxylic acids is 1. The average Bonchev–Trinajstić information content (AvgIpc) is 3.20. The van der Waals surface area contributed by atoms with E-state index >= 15 is 0 Å². The molecule has 1 saturated heterocycles. The molecule has 7 heteroatoms. The van der Waals surface area contributed by atoms with Gasteiger partial charge in [0.05, 0.1) is 17.2 Å². The number of nitrogens with one attached hydrogen (secondary N) is 1. The standard InChI is InChI=1S/C19H22F3N3O/c1-11(17-12(2)23-24-13(17)3)18(26)25-9-8-15(10-25)14-4-6-16(7-5-14)19(20,21)22/h4-7,11,15H,8-10H2,1-3H3,(H,23,24). The van der Waals surface area contributed by atoms with Crippen molar-refractivity contribution in [1.82, 2.24) is 15.1 Å². The molecule has 1 aliphatic heterocycles. The lowest BCUT2D eigenvalue weighted by Crippen LogP contribution is -2.32. The molecule has 0 saturated carbocycles. The highest BCUT2D eigenvalue weighted by molar-refractivity contribution is 5.84. The van der Waals surface area contributed by atoms with E-state index in [-0.39, 0.29) is 17.7 Å². The molecule has 1 amide bonds. The lowest BCUT2D eigenvalue weighted by Gasteiger charge is -2.21. The van der Waals surface area contributed by atoms with Crippen LogP contribution in [0.1, 0.15) is 53.3 Å². The van der Waals surface area contributed by atoms with E-state index in [2.05, 4.69) is 10.2 Å². The molecule has 0 aliphatic carbocycles. The quantitative estimate of drug-likeness (QED) is 0.888. The van der Waals surface area contributed by atoms with Gasteiger partial charge < -0.3 is 4.90 Å². The van der Waals surface area contributed by atoms with Crippen LogP contribution in [0, 0.1) is 13.8 Å². The van der Waals surface area contributed by atoms with Crippen molar-refractivity contribution in [3.05, 3.63) is 52.3 Å². The molecule has 140 valence electrons. The number of aromatic nitrogens is 2. The minimum atomic E-state index is -4.33. The van der Waals surface area contributed by atoms with E-state index in [1.165, 1.54) is 12.1 Å². The van der Waals surface area contributed by atoms with Crippen LogP contribution in [0.3, 0.4) is 0 Å². The van der Waals surface area contributed by atoms with Crippen LogP contribution in [-0.2, 0) is 11.0 Å². The Balaban J connectivity index is 1.69. The highest BCUT2D eigenvalue weighted by Gasteiger charge is 2.33. The molecule has 0 spiro atoms. The van der Waals surface area contributed by atoms with Crippen molar-refractivity contribution in [2.24, 2.45) is 0 Å². The van der Waals surface area contributed by atoms with Gasteiger partial charge >= 0.3 is 6.18 Å². The van der Waals surface area contributed by atoms with E-state index in [4.69, 9.17) is 0 Å². The SMILES string of the molecule is Cc1n[nH]c(C)c1C(C)C(=O)N1CCC(c2ccc(C(F)(F)F)cc2)C1. The zero-order chi connectivity index (χ0) is 19.1. The highest BCUT2D eigenvalue weighted by Crippen LogP contribution is 2.34. The summed E-state index contributed by atoms with van der Waals surface area (Å²) in [5, 5.41) is 7.05. The van der Waals surface area contributed by atoms with Crippen molar-refractivity contribution in [3.8, 4) is 0 Å². The molecule has 1 aromatic heterocycles. The lowest BCUT2D eigenvalue weighted by atomic mass is 9.96. The molecule has 1 fully saturated rings. The monoisotopic (exact) mass is 365 g/mol. The molecule has 2 unspecified atom stereocenters. The number of aryl methyl sites for hydroxylation is 2. The van der Waals surface area contributed by atoms with Crippen LogP contribution in [0.2, 0.25) is 0 Å².